The molecule has 0 aliphatic carbocycles. The monoisotopic (exact) mass is 235 g/mol. The van der Waals surface area contributed by atoms with E-state index in [2.05, 4.69) is 36.9 Å². The molecular weight excluding hydrogens is 214 g/mol. The predicted octanol–water partition coefficient (Wildman–Crippen LogP) is 2.86. The number of hydrogen-bond acceptors (Lipinski definition) is 2. The second-order valence-electron chi connectivity index (χ2n) is 4.36. The third kappa shape index (κ3) is 3.77. The van der Waals surface area contributed by atoms with Crippen molar-refractivity contribution in [3.63, 3.8) is 0 Å². The standard InChI is InChI=1S/C14H21NO2/c1-4-12-8-5-7-11(2)14(12)15(3)10-6-9-13(16)17/h5,7-8H,4,6,9-10H2,1-3H3,(H,16,17). The highest BCUT2D eigenvalue weighted by Crippen LogP contribution is 2.24. The molecule has 0 spiro atoms. The molecule has 0 aromatic heterocycles. The van der Waals surface area contributed by atoms with E-state index >= 15 is 0 Å². The molecule has 0 aliphatic heterocycles. The second kappa shape index (κ2) is 6.28. The molecule has 0 saturated carbocycles. The highest BCUT2D eigenvalue weighted by Gasteiger charge is 2.09. The van der Waals surface area contributed by atoms with Crippen molar-refractivity contribution in [1.29, 1.82) is 0 Å². The summed E-state index contributed by atoms with van der Waals surface area (Å²) in [6.07, 6.45) is 1.92. The first-order chi connectivity index (χ1) is 8.06. The van der Waals surface area contributed by atoms with E-state index in [0.717, 1.165) is 13.0 Å². The molecule has 0 atom stereocenters. The smallest absolute Gasteiger partial charge is 0.303 e. The summed E-state index contributed by atoms with van der Waals surface area (Å²) < 4.78 is 0. The van der Waals surface area contributed by atoms with Gasteiger partial charge in [0.1, 0.15) is 0 Å². The highest BCUT2D eigenvalue weighted by atomic mass is 16.4. The van der Waals surface area contributed by atoms with Gasteiger partial charge in [-0.2, -0.15) is 0 Å². The van der Waals surface area contributed by atoms with Crippen LogP contribution in [0.1, 0.15) is 30.9 Å². The number of carbonyl (C=O) groups is 1. The van der Waals surface area contributed by atoms with E-state index in [0.29, 0.717) is 6.42 Å². The SMILES string of the molecule is CCc1cccc(C)c1N(C)CCCC(=O)O. The van der Waals surface area contributed by atoms with Gasteiger partial charge in [0, 0.05) is 25.7 Å². The van der Waals surface area contributed by atoms with Crippen molar-refractivity contribution in [3.05, 3.63) is 29.3 Å². The van der Waals surface area contributed by atoms with E-state index < -0.39 is 5.97 Å². The molecule has 0 unspecified atom stereocenters. The Morgan fingerprint density at radius 2 is 2.12 bits per heavy atom. The fourth-order valence-electron chi connectivity index (χ4n) is 2.13. The van der Waals surface area contributed by atoms with Crippen molar-refractivity contribution in [2.75, 3.05) is 18.5 Å². The Morgan fingerprint density at radius 3 is 2.71 bits per heavy atom. The molecule has 0 heterocycles. The molecule has 1 N–H and O–H groups in total. The molecule has 0 aliphatic rings. The van der Waals surface area contributed by atoms with E-state index in [1.165, 1.54) is 16.8 Å². The fraction of sp³-hybridized carbons (Fsp3) is 0.500. The van der Waals surface area contributed by atoms with Crippen molar-refractivity contribution >= 4 is 11.7 Å². The first kappa shape index (κ1) is 13.6. The molecule has 0 saturated heterocycles. The van der Waals surface area contributed by atoms with E-state index in [4.69, 9.17) is 5.11 Å². The van der Waals surface area contributed by atoms with Crippen molar-refractivity contribution in [3.8, 4) is 0 Å². The maximum absolute atomic E-state index is 10.5. The van der Waals surface area contributed by atoms with Crippen LogP contribution in [-0.2, 0) is 11.2 Å². The lowest BCUT2D eigenvalue weighted by molar-refractivity contribution is -0.137. The van der Waals surface area contributed by atoms with Crippen LogP contribution >= 0.6 is 0 Å². The molecule has 94 valence electrons. The zero-order chi connectivity index (χ0) is 12.8. The number of carboxylic acids is 1. The van der Waals surface area contributed by atoms with Crippen molar-refractivity contribution in [2.45, 2.75) is 33.1 Å². The van der Waals surface area contributed by atoms with Crippen LogP contribution in [0, 0.1) is 6.92 Å². The first-order valence-electron chi connectivity index (χ1n) is 6.07. The average molecular weight is 235 g/mol. The molecule has 1 aromatic rings. The van der Waals surface area contributed by atoms with Gasteiger partial charge < -0.3 is 10.0 Å². The zero-order valence-electron chi connectivity index (χ0n) is 10.9. The molecule has 3 nitrogen and oxygen atoms in total. The second-order valence-corrected chi connectivity index (χ2v) is 4.36. The summed E-state index contributed by atoms with van der Waals surface area (Å²) in [5.74, 6) is -0.723. The Morgan fingerprint density at radius 1 is 1.41 bits per heavy atom. The van der Waals surface area contributed by atoms with Gasteiger partial charge in [-0.3, -0.25) is 4.79 Å². The van der Waals surface area contributed by atoms with Gasteiger partial charge >= 0.3 is 5.97 Å². The lowest BCUT2D eigenvalue weighted by Gasteiger charge is -2.24. The molecule has 1 aromatic carbocycles. The van der Waals surface area contributed by atoms with Crippen LogP contribution in [0.2, 0.25) is 0 Å². The predicted molar refractivity (Wildman–Crippen MR) is 70.7 cm³/mol. The zero-order valence-corrected chi connectivity index (χ0v) is 10.9. The van der Waals surface area contributed by atoms with Gasteiger partial charge in [0.2, 0.25) is 0 Å². The van der Waals surface area contributed by atoms with Crippen LogP contribution in [0.3, 0.4) is 0 Å². The molecule has 17 heavy (non-hydrogen) atoms. The van der Waals surface area contributed by atoms with Crippen molar-refractivity contribution in [2.24, 2.45) is 0 Å². The number of aryl methyl sites for hydroxylation is 2. The van der Waals surface area contributed by atoms with Gasteiger partial charge in [0.05, 0.1) is 0 Å². The normalized spacial score (nSPS) is 10.3. The summed E-state index contributed by atoms with van der Waals surface area (Å²) in [6.45, 7) is 5.02. The molecule has 3 heteroatoms. The Balaban J connectivity index is 2.73. The Hall–Kier alpha value is -1.51. The van der Waals surface area contributed by atoms with Crippen molar-refractivity contribution in [1.82, 2.24) is 0 Å². The van der Waals surface area contributed by atoms with Crippen LogP contribution in [0.25, 0.3) is 0 Å². The number of rotatable bonds is 6. The van der Waals surface area contributed by atoms with E-state index in [1.807, 2.05) is 7.05 Å². The average Bonchev–Trinajstić information content (AvgIpc) is 2.27. The van der Waals surface area contributed by atoms with Gasteiger partial charge in [0.15, 0.2) is 0 Å². The molecule has 0 radical (unpaired) electrons. The summed E-state index contributed by atoms with van der Waals surface area (Å²) >= 11 is 0. The number of nitrogens with zero attached hydrogens (tertiary/aromatic N) is 1. The molecule has 0 amide bonds. The number of benzene rings is 1. The highest BCUT2D eigenvalue weighted by molar-refractivity contribution is 5.66. The lowest BCUT2D eigenvalue weighted by Crippen LogP contribution is -2.21. The third-order valence-corrected chi connectivity index (χ3v) is 2.97. The summed E-state index contributed by atoms with van der Waals surface area (Å²) in [6, 6.07) is 6.31. The van der Waals surface area contributed by atoms with Crippen molar-refractivity contribution < 1.29 is 9.90 Å². The largest absolute Gasteiger partial charge is 0.481 e. The molecule has 0 bridgehead atoms. The number of aliphatic carboxylic acids is 1. The number of hydrogen-bond donors (Lipinski definition) is 1. The summed E-state index contributed by atoms with van der Waals surface area (Å²) in [4.78, 5) is 12.7. The van der Waals surface area contributed by atoms with Gasteiger partial charge in [0.25, 0.3) is 0 Å². The summed E-state index contributed by atoms with van der Waals surface area (Å²) in [7, 11) is 2.03. The van der Waals surface area contributed by atoms with E-state index in [9.17, 15) is 4.79 Å². The van der Waals surface area contributed by atoms with Crippen LogP contribution in [0.4, 0.5) is 5.69 Å². The van der Waals surface area contributed by atoms with Gasteiger partial charge in [-0.25, -0.2) is 0 Å². The van der Waals surface area contributed by atoms with Gasteiger partial charge in [-0.1, -0.05) is 25.1 Å². The number of carboxylic acid groups (broad SMARTS) is 1. The topological polar surface area (TPSA) is 40.5 Å². The minimum Gasteiger partial charge on any atom is -0.481 e. The van der Waals surface area contributed by atoms with Crippen LogP contribution in [0.5, 0.6) is 0 Å². The fourth-order valence-corrected chi connectivity index (χ4v) is 2.13. The number of para-hydroxylation sites is 1. The van der Waals surface area contributed by atoms with Crippen LogP contribution in [0.15, 0.2) is 18.2 Å². The van der Waals surface area contributed by atoms with Gasteiger partial charge in [-0.15, -0.1) is 0 Å². The maximum atomic E-state index is 10.5. The quantitative estimate of drug-likeness (QED) is 0.824. The van der Waals surface area contributed by atoms with Gasteiger partial charge in [-0.05, 0) is 30.9 Å². The Labute approximate surface area is 103 Å². The Kier molecular flexibility index (Phi) is 5.01. The van der Waals surface area contributed by atoms with Crippen LogP contribution in [-0.4, -0.2) is 24.7 Å². The number of anilines is 1. The maximum Gasteiger partial charge on any atom is 0.303 e. The molecule has 1 rings (SSSR count). The first-order valence-corrected chi connectivity index (χ1v) is 6.07. The summed E-state index contributed by atoms with van der Waals surface area (Å²) in [5.41, 5.74) is 3.82. The Bertz CT molecular complexity index is 388. The van der Waals surface area contributed by atoms with E-state index in [1.54, 1.807) is 0 Å². The summed E-state index contributed by atoms with van der Waals surface area (Å²) in [5, 5.41) is 8.63. The molecule has 0 fully saturated rings. The molecular formula is C14H21NO2. The van der Waals surface area contributed by atoms with Crippen LogP contribution < -0.4 is 4.90 Å². The minimum absolute atomic E-state index is 0.234. The third-order valence-electron chi connectivity index (χ3n) is 2.97. The lowest BCUT2D eigenvalue weighted by atomic mass is 10.0. The minimum atomic E-state index is -0.723. The van der Waals surface area contributed by atoms with E-state index in [-0.39, 0.29) is 6.42 Å².